The molecule has 2 amide bonds. The highest BCUT2D eigenvalue weighted by Crippen LogP contribution is 2.47. The van der Waals surface area contributed by atoms with Crippen molar-refractivity contribution < 1.29 is 14.7 Å². The quantitative estimate of drug-likeness (QED) is 0.239. The molecule has 3 aromatic carbocycles. The number of benzene rings is 3. The summed E-state index contributed by atoms with van der Waals surface area (Å²) in [5, 5.41) is 15.7. The van der Waals surface area contributed by atoms with Crippen LogP contribution in [-0.4, -0.2) is 41.8 Å². The van der Waals surface area contributed by atoms with Gasteiger partial charge >= 0.3 is 0 Å². The summed E-state index contributed by atoms with van der Waals surface area (Å²) in [6, 6.07) is 11.5. The van der Waals surface area contributed by atoms with Crippen LogP contribution in [0.4, 0.5) is 11.4 Å². The number of phenolic OH excluding ortho intramolecular Hbond substituents is 1. The highest BCUT2D eigenvalue weighted by Gasteiger charge is 2.36. The highest BCUT2D eigenvalue weighted by molar-refractivity contribution is 7.17. The fraction of sp³-hybridized carbons (Fsp3) is 0.355. The van der Waals surface area contributed by atoms with Crippen LogP contribution in [0.5, 0.6) is 5.75 Å². The summed E-state index contributed by atoms with van der Waals surface area (Å²) in [5.41, 5.74) is 6.27. The fourth-order valence-electron chi connectivity index (χ4n) is 6.40. The number of thiophene rings is 1. The second-order valence-corrected chi connectivity index (χ2v) is 12.2. The Morgan fingerprint density at radius 3 is 2.13 bits per heavy atom. The van der Waals surface area contributed by atoms with Gasteiger partial charge in [0.2, 0.25) is 11.8 Å². The number of alkyl halides is 2. The number of anilines is 2. The molecule has 0 saturated heterocycles. The van der Waals surface area contributed by atoms with Crippen molar-refractivity contribution in [1.29, 1.82) is 0 Å². The molecule has 1 N–H and O–H groups in total. The first-order chi connectivity index (χ1) is 18.8. The van der Waals surface area contributed by atoms with Crippen LogP contribution in [0, 0.1) is 13.8 Å². The zero-order chi connectivity index (χ0) is 27.4. The van der Waals surface area contributed by atoms with Gasteiger partial charge in [-0.15, -0.1) is 34.5 Å². The zero-order valence-corrected chi connectivity index (χ0v) is 24.3. The van der Waals surface area contributed by atoms with Crippen LogP contribution in [0.25, 0.3) is 20.9 Å². The SMILES string of the molecule is Cc1cc2c(c3c(C)csc13)[C@H](CCl)CN2C(=O)CCCC(=O)N1C[C@@H](CCl)c2c1cc(O)c1ccccc21. The number of fused-ring (bicyclic) bond motifs is 6. The summed E-state index contributed by atoms with van der Waals surface area (Å²) in [5.74, 6) is 1.05. The Balaban J connectivity index is 1.19. The Morgan fingerprint density at radius 2 is 1.49 bits per heavy atom. The van der Waals surface area contributed by atoms with E-state index in [-0.39, 0.29) is 42.2 Å². The number of carbonyl (C=O) groups is 2. The van der Waals surface area contributed by atoms with Gasteiger partial charge in [-0.1, -0.05) is 24.3 Å². The molecule has 39 heavy (non-hydrogen) atoms. The molecule has 2 aliphatic rings. The number of hydrogen-bond acceptors (Lipinski definition) is 4. The Hall–Kier alpha value is -2.80. The van der Waals surface area contributed by atoms with Gasteiger partial charge in [-0.25, -0.2) is 0 Å². The maximum Gasteiger partial charge on any atom is 0.227 e. The molecule has 0 saturated carbocycles. The molecule has 6 rings (SSSR count). The van der Waals surface area contributed by atoms with Gasteiger partial charge in [0, 0.05) is 76.8 Å². The normalized spacial score (nSPS) is 18.3. The summed E-state index contributed by atoms with van der Waals surface area (Å²) < 4.78 is 1.27. The van der Waals surface area contributed by atoms with Crippen molar-refractivity contribution in [3.05, 3.63) is 64.0 Å². The van der Waals surface area contributed by atoms with Gasteiger partial charge in [0.25, 0.3) is 0 Å². The van der Waals surface area contributed by atoms with Crippen LogP contribution in [-0.2, 0) is 9.59 Å². The number of carbonyl (C=O) groups excluding carboxylic acids is 2. The topological polar surface area (TPSA) is 60.9 Å². The average Bonchev–Trinajstić information content (AvgIpc) is 3.62. The maximum atomic E-state index is 13.4. The van der Waals surface area contributed by atoms with Crippen molar-refractivity contribution in [2.24, 2.45) is 0 Å². The summed E-state index contributed by atoms with van der Waals surface area (Å²) in [4.78, 5) is 30.4. The first-order valence-corrected chi connectivity index (χ1v) is 15.3. The van der Waals surface area contributed by atoms with Crippen molar-refractivity contribution in [1.82, 2.24) is 0 Å². The van der Waals surface area contributed by atoms with E-state index in [1.54, 1.807) is 22.3 Å². The van der Waals surface area contributed by atoms with E-state index < -0.39 is 0 Å². The molecule has 3 heterocycles. The number of nitrogens with zero attached hydrogens (tertiary/aromatic N) is 2. The Kier molecular flexibility index (Phi) is 6.98. The van der Waals surface area contributed by atoms with Gasteiger partial charge in [-0.3, -0.25) is 9.59 Å². The molecular weight excluding hydrogens is 551 g/mol. The van der Waals surface area contributed by atoms with E-state index in [1.807, 2.05) is 29.2 Å². The molecule has 4 aromatic rings. The number of aromatic hydroxyl groups is 1. The molecule has 8 heteroatoms. The highest BCUT2D eigenvalue weighted by atomic mass is 35.5. The summed E-state index contributed by atoms with van der Waals surface area (Å²) >= 11 is 14.4. The van der Waals surface area contributed by atoms with E-state index in [9.17, 15) is 14.7 Å². The van der Waals surface area contributed by atoms with E-state index in [0.717, 1.165) is 27.7 Å². The molecule has 0 fully saturated rings. The maximum absolute atomic E-state index is 13.4. The predicted molar refractivity (Wildman–Crippen MR) is 162 cm³/mol. The molecule has 5 nitrogen and oxygen atoms in total. The lowest BCUT2D eigenvalue weighted by molar-refractivity contribution is -0.119. The Bertz CT molecular complexity index is 1630. The van der Waals surface area contributed by atoms with Crippen LogP contribution in [0.3, 0.4) is 0 Å². The summed E-state index contributed by atoms with van der Waals surface area (Å²) in [6.07, 6.45) is 0.974. The monoisotopic (exact) mass is 580 g/mol. The largest absolute Gasteiger partial charge is 0.507 e. The lowest BCUT2D eigenvalue weighted by atomic mass is 9.95. The minimum Gasteiger partial charge on any atom is -0.507 e. The van der Waals surface area contributed by atoms with Crippen molar-refractivity contribution in [3.63, 3.8) is 0 Å². The van der Waals surface area contributed by atoms with Crippen molar-refractivity contribution >= 4 is 78.6 Å². The summed E-state index contributed by atoms with van der Waals surface area (Å²) in [6.45, 7) is 5.26. The Morgan fingerprint density at radius 1 is 0.897 bits per heavy atom. The smallest absolute Gasteiger partial charge is 0.227 e. The minimum atomic E-state index is -0.0572. The van der Waals surface area contributed by atoms with Crippen molar-refractivity contribution in [2.75, 3.05) is 34.6 Å². The van der Waals surface area contributed by atoms with E-state index in [0.29, 0.717) is 31.3 Å². The van der Waals surface area contributed by atoms with Crippen LogP contribution >= 0.6 is 34.5 Å². The first kappa shape index (κ1) is 26.4. The third kappa shape index (κ3) is 4.28. The molecule has 0 unspecified atom stereocenters. The molecule has 2 aliphatic heterocycles. The van der Waals surface area contributed by atoms with Crippen LogP contribution in [0.2, 0.25) is 0 Å². The van der Waals surface area contributed by atoms with Crippen molar-refractivity contribution in [3.8, 4) is 5.75 Å². The number of amides is 2. The standard InChI is InChI=1S/C31H30Cl2N2O3S/c1-17-10-23-30(28-18(2)16-39-31(17)28)20(13-33)15-34(23)26(37)8-5-9-27(38)35-14-19(12-32)29-22-7-4-3-6-21(22)25(36)11-24(29)35/h3-4,6-7,10-11,16,19-20,36H,5,8-9,12-15H2,1-2H3/t19-,20-/m1/s1. The molecule has 2 atom stereocenters. The lowest BCUT2D eigenvalue weighted by Gasteiger charge is -2.20. The third-order valence-electron chi connectivity index (χ3n) is 8.23. The third-order valence-corrected chi connectivity index (χ3v) is 10.2. The van der Waals surface area contributed by atoms with Gasteiger partial charge in [-0.05, 0) is 59.4 Å². The van der Waals surface area contributed by atoms with Gasteiger partial charge < -0.3 is 14.9 Å². The van der Waals surface area contributed by atoms with E-state index in [1.165, 1.54) is 26.8 Å². The van der Waals surface area contributed by atoms with Gasteiger partial charge in [0.15, 0.2) is 0 Å². The number of halogens is 2. The second-order valence-electron chi connectivity index (χ2n) is 10.7. The first-order valence-electron chi connectivity index (χ1n) is 13.3. The van der Waals surface area contributed by atoms with Crippen LogP contribution < -0.4 is 9.80 Å². The van der Waals surface area contributed by atoms with Crippen molar-refractivity contribution in [2.45, 2.75) is 44.9 Å². The molecule has 202 valence electrons. The Labute approximate surface area is 241 Å². The van der Waals surface area contributed by atoms with E-state index in [2.05, 4.69) is 25.3 Å². The zero-order valence-electron chi connectivity index (χ0n) is 22.0. The molecule has 0 bridgehead atoms. The molecule has 0 radical (unpaired) electrons. The van der Waals surface area contributed by atoms with Gasteiger partial charge in [-0.2, -0.15) is 0 Å². The molecular formula is C31H30Cl2N2O3S. The molecule has 0 aliphatic carbocycles. The van der Waals surface area contributed by atoms with E-state index >= 15 is 0 Å². The minimum absolute atomic E-state index is 0.00743. The second kappa shape index (κ2) is 10.3. The van der Waals surface area contributed by atoms with Gasteiger partial charge in [0.1, 0.15) is 5.75 Å². The number of aryl methyl sites for hydroxylation is 2. The summed E-state index contributed by atoms with van der Waals surface area (Å²) in [7, 11) is 0. The number of phenols is 1. The van der Waals surface area contributed by atoms with Crippen LogP contribution in [0.1, 0.15) is 53.4 Å². The predicted octanol–water partition coefficient (Wildman–Crippen LogP) is 7.59. The van der Waals surface area contributed by atoms with E-state index in [4.69, 9.17) is 23.2 Å². The number of rotatable bonds is 6. The lowest BCUT2D eigenvalue weighted by Crippen LogP contribution is -2.32. The molecule has 1 aromatic heterocycles. The van der Waals surface area contributed by atoms with Crippen LogP contribution in [0.15, 0.2) is 41.8 Å². The molecule has 0 spiro atoms. The fourth-order valence-corrected chi connectivity index (χ4v) is 7.95. The average molecular weight is 582 g/mol. The van der Waals surface area contributed by atoms with Gasteiger partial charge in [0.05, 0.1) is 5.69 Å². The number of hydrogen-bond donors (Lipinski definition) is 1.